The van der Waals surface area contributed by atoms with E-state index in [1.54, 1.807) is 38.1 Å². The Hall–Kier alpha value is -3.28. The average Bonchev–Trinajstić information content (AvgIpc) is 3.28. The van der Waals surface area contributed by atoms with E-state index in [1.807, 2.05) is 20.8 Å². The van der Waals surface area contributed by atoms with Gasteiger partial charge in [0.05, 0.1) is 28.5 Å². The Morgan fingerprint density at radius 1 is 1.13 bits per heavy atom. The standard InChI is InChI=1S/C26H34Cl2N6O5/c1-25(2,3)18-13-17(30-24(38)29-16-10-8-9-15(27)20(16)28)21(31-18)22(36)34-12-11-33(23(37)26(34,4)5)14-19(35)32(6)39-7/h8-10,13,31H,11-12,14H2,1-7H3,(H2,29,30,38). The number of urea groups is 1. The maximum atomic E-state index is 13.9. The number of benzene rings is 1. The zero-order valence-corrected chi connectivity index (χ0v) is 24.6. The number of carbonyl (C=O) groups is 4. The Balaban J connectivity index is 1.87. The van der Waals surface area contributed by atoms with Crippen LogP contribution < -0.4 is 10.6 Å². The van der Waals surface area contributed by atoms with E-state index in [2.05, 4.69) is 15.6 Å². The second-order valence-corrected chi connectivity index (χ2v) is 11.5. The molecule has 1 aliphatic rings. The molecule has 1 saturated heterocycles. The van der Waals surface area contributed by atoms with Crippen molar-refractivity contribution in [2.45, 2.75) is 45.6 Å². The molecule has 0 radical (unpaired) electrons. The fourth-order valence-corrected chi connectivity index (χ4v) is 4.46. The molecular formula is C26H34Cl2N6O5. The summed E-state index contributed by atoms with van der Waals surface area (Å²) in [5.41, 5.74) is -0.267. The minimum absolute atomic E-state index is 0.122. The smallest absolute Gasteiger partial charge is 0.323 e. The Morgan fingerprint density at radius 3 is 2.38 bits per heavy atom. The lowest BCUT2D eigenvalue weighted by atomic mass is 9.92. The van der Waals surface area contributed by atoms with Gasteiger partial charge in [0, 0.05) is 31.2 Å². The van der Waals surface area contributed by atoms with Crippen molar-refractivity contribution in [2.24, 2.45) is 0 Å². The summed E-state index contributed by atoms with van der Waals surface area (Å²) >= 11 is 12.2. The summed E-state index contributed by atoms with van der Waals surface area (Å²) in [5, 5.41) is 6.87. The monoisotopic (exact) mass is 580 g/mol. The molecule has 2 heterocycles. The number of likely N-dealkylation sites (N-methyl/N-ethyl adjacent to an activating group) is 1. The molecule has 3 rings (SSSR count). The van der Waals surface area contributed by atoms with E-state index in [1.165, 1.54) is 24.0 Å². The van der Waals surface area contributed by atoms with Gasteiger partial charge in [-0.25, -0.2) is 9.86 Å². The predicted molar refractivity (Wildman–Crippen MR) is 150 cm³/mol. The molecule has 11 nitrogen and oxygen atoms in total. The molecule has 0 aliphatic carbocycles. The Labute approximate surface area is 237 Å². The summed E-state index contributed by atoms with van der Waals surface area (Å²) in [5.74, 6) is -1.25. The van der Waals surface area contributed by atoms with Crippen molar-refractivity contribution in [2.75, 3.05) is 44.4 Å². The molecule has 5 amide bonds. The van der Waals surface area contributed by atoms with Crippen LogP contribution >= 0.6 is 23.2 Å². The number of nitrogens with zero attached hydrogens (tertiary/aromatic N) is 3. The van der Waals surface area contributed by atoms with Crippen molar-refractivity contribution < 1.29 is 24.0 Å². The third-order valence-corrected chi connectivity index (χ3v) is 7.38. The lowest BCUT2D eigenvalue weighted by Crippen LogP contribution is -2.65. The van der Waals surface area contributed by atoms with Crippen molar-refractivity contribution in [3.63, 3.8) is 0 Å². The molecule has 1 aromatic heterocycles. The van der Waals surface area contributed by atoms with E-state index in [0.717, 1.165) is 5.06 Å². The van der Waals surface area contributed by atoms with Crippen LogP contribution in [0.15, 0.2) is 24.3 Å². The molecule has 0 bridgehead atoms. The van der Waals surface area contributed by atoms with Crippen LogP contribution in [0.5, 0.6) is 0 Å². The van der Waals surface area contributed by atoms with Crippen LogP contribution in [0.4, 0.5) is 16.2 Å². The van der Waals surface area contributed by atoms with Gasteiger partial charge >= 0.3 is 6.03 Å². The summed E-state index contributed by atoms with van der Waals surface area (Å²) < 4.78 is 0. The number of aromatic nitrogens is 1. The van der Waals surface area contributed by atoms with Crippen molar-refractivity contribution in [3.8, 4) is 0 Å². The zero-order chi connectivity index (χ0) is 29.3. The number of aromatic amines is 1. The third kappa shape index (κ3) is 6.48. The summed E-state index contributed by atoms with van der Waals surface area (Å²) in [4.78, 5) is 63.3. The topological polar surface area (TPSA) is 127 Å². The van der Waals surface area contributed by atoms with Gasteiger partial charge in [-0.05, 0) is 32.0 Å². The van der Waals surface area contributed by atoms with Gasteiger partial charge in [0.25, 0.3) is 11.8 Å². The van der Waals surface area contributed by atoms with Gasteiger partial charge in [0.15, 0.2) is 0 Å². The largest absolute Gasteiger partial charge is 0.352 e. The number of nitrogens with one attached hydrogen (secondary N) is 3. The number of hydroxylamine groups is 2. The second kappa shape index (κ2) is 11.4. The van der Waals surface area contributed by atoms with Crippen molar-refractivity contribution >= 4 is 58.3 Å². The normalized spacial score (nSPS) is 15.3. The Bertz CT molecular complexity index is 1290. The molecular weight excluding hydrogens is 547 g/mol. The molecule has 212 valence electrons. The highest BCUT2D eigenvalue weighted by molar-refractivity contribution is 6.44. The number of rotatable bonds is 6. The molecule has 0 unspecified atom stereocenters. The lowest BCUT2D eigenvalue weighted by molar-refractivity contribution is -0.173. The number of carbonyl (C=O) groups excluding carboxylic acids is 4. The van der Waals surface area contributed by atoms with Crippen molar-refractivity contribution in [3.05, 3.63) is 45.7 Å². The molecule has 0 spiro atoms. The average molecular weight is 582 g/mol. The van der Waals surface area contributed by atoms with E-state index < -0.39 is 23.4 Å². The molecule has 0 saturated carbocycles. The molecule has 2 aromatic rings. The van der Waals surface area contributed by atoms with Gasteiger partial charge in [-0.3, -0.25) is 19.2 Å². The number of anilines is 2. The second-order valence-electron chi connectivity index (χ2n) is 10.7. The Kier molecular flexibility index (Phi) is 8.88. The van der Waals surface area contributed by atoms with E-state index >= 15 is 0 Å². The first-order valence-corrected chi connectivity index (χ1v) is 13.0. The van der Waals surface area contributed by atoms with Gasteiger partial charge in [-0.1, -0.05) is 50.0 Å². The van der Waals surface area contributed by atoms with E-state index in [-0.39, 0.29) is 52.4 Å². The highest BCUT2D eigenvalue weighted by Gasteiger charge is 2.46. The number of piperazine rings is 1. The zero-order valence-electron chi connectivity index (χ0n) is 23.1. The first kappa shape index (κ1) is 30.3. The molecule has 1 aliphatic heterocycles. The maximum Gasteiger partial charge on any atom is 0.323 e. The quantitative estimate of drug-likeness (QED) is 0.438. The van der Waals surface area contributed by atoms with Crippen LogP contribution in [0.2, 0.25) is 10.0 Å². The van der Waals surface area contributed by atoms with Crippen LogP contribution in [0.25, 0.3) is 0 Å². The predicted octanol–water partition coefficient (Wildman–Crippen LogP) is 4.35. The van der Waals surface area contributed by atoms with Gasteiger partial charge in [0.1, 0.15) is 17.8 Å². The number of amides is 5. The third-order valence-electron chi connectivity index (χ3n) is 6.56. The fourth-order valence-electron chi connectivity index (χ4n) is 4.11. The molecule has 13 heteroatoms. The molecule has 3 N–H and O–H groups in total. The minimum Gasteiger partial charge on any atom is -0.352 e. The summed E-state index contributed by atoms with van der Waals surface area (Å²) in [7, 11) is 2.82. The highest BCUT2D eigenvalue weighted by atomic mass is 35.5. The first-order valence-electron chi connectivity index (χ1n) is 12.3. The van der Waals surface area contributed by atoms with Crippen molar-refractivity contribution in [1.82, 2.24) is 19.8 Å². The minimum atomic E-state index is -1.26. The maximum absolute atomic E-state index is 13.9. The highest BCUT2D eigenvalue weighted by Crippen LogP contribution is 2.32. The summed E-state index contributed by atoms with van der Waals surface area (Å²) in [6.45, 7) is 9.28. The SMILES string of the molecule is CON(C)C(=O)CN1CCN(C(=O)c2[nH]c(C(C)(C)C)cc2NC(=O)Nc2cccc(Cl)c2Cl)C(C)(C)C1=O. The van der Waals surface area contributed by atoms with Crippen LogP contribution in [0.1, 0.15) is 50.8 Å². The van der Waals surface area contributed by atoms with Crippen molar-refractivity contribution in [1.29, 1.82) is 0 Å². The number of hydrogen-bond acceptors (Lipinski definition) is 5. The van der Waals surface area contributed by atoms with Crippen LogP contribution in [0.3, 0.4) is 0 Å². The van der Waals surface area contributed by atoms with Gasteiger partial charge < -0.3 is 25.4 Å². The van der Waals surface area contributed by atoms with Crippen LogP contribution in [0, 0.1) is 0 Å². The number of hydrogen-bond donors (Lipinski definition) is 3. The van der Waals surface area contributed by atoms with E-state index in [0.29, 0.717) is 11.4 Å². The summed E-state index contributed by atoms with van der Waals surface area (Å²) in [6.07, 6.45) is 0. The first-order chi connectivity index (χ1) is 18.1. The van der Waals surface area contributed by atoms with E-state index in [4.69, 9.17) is 28.0 Å². The van der Waals surface area contributed by atoms with Crippen LogP contribution in [-0.2, 0) is 19.8 Å². The molecule has 0 atom stereocenters. The fraction of sp³-hybridized carbons (Fsp3) is 0.462. The number of halogens is 2. The van der Waals surface area contributed by atoms with Crippen LogP contribution in [-0.4, -0.2) is 82.9 Å². The lowest BCUT2D eigenvalue weighted by Gasteiger charge is -2.45. The molecule has 1 fully saturated rings. The van der Waals surface area contributed by atoms with Gasteiger partial charge in [-0.2, -0.15) is 0 Å². The summed E-state index contributed by atoms with van der Waals surface area (Å²) in [6, 6.07) is 5.90. The van der Waals surface area contributed by atoms with E-state index in [9.17, 15) is 19.2 Å². The molecule has 1 aromatic carbocycles. The molecule has 39 heavy (non-hydrogen) atoms. The van der Waals surface area contributed by atoms with Gasteiger partial charge in [0.2, 0.25) is 5.91 Å². The Morgan fingerprint density at radius 2 is 1.77 bits per heavy atom. The van der Waals surface area contributed by atoms with Gasteiger partial charge in [-0.15, -0.1) is 0 Å². The number of H-pyrrole nitrogens is 1.